The van der Waals surface area contributed by atoms with Gasteiger partial charge in [0.2, 0.25) is 0 Å². The summed E-state index contributed by atoms with van der Waals surface area (Å²) in [5, 5.41) is 13.6. The van der Waals surface area contributed by atoms with Crippen LogP contribution in [0, 0.1) is 0 Å². The van der Waals surface area contributed by atoms with Gasteiger partial charge < -0.3 is 10.1 Å². The van der Waals surface area contributed by atoms with Crippen LogP contribution < -0.4 is 5.32 Å². The van der Waals surface area contributed by atoms with Crippen LogP contribution in [0.2, 0.25) is 0 Å². The number of ether oxygens (including phenoxy) is 1. The number of thiophene rings is 1. The number of nitrogens with one attached hydrogen (secondary N) is 1. The molecule has 2 aromatic heterocycles. The zero-order valence-corrected chi connectivity index (χ0v) is 12.0. The molecular weight excluding hydrogens is 276 g/mol. The van der Waals surface area contributed by atoms with E-state index in [1.165, 1.54) is 12.0 Å². The Morgan fingerprint density at radius 1 is 1.65 bits per heavy atom. The van der Waals surface area contributed by atoms with Crippen LogP contribution in [0.15, 0.2) is 17.5 Å². The maximum absolute atomic E-state index is 11.8. The molecule has 7 heteroatoms. The van der Waals surface area contributed by atoms with Crippen LogP contribution in [0.3, 0.4) is 0 Å². The monoisotopic (exact) mass is 292 g/mol. The molecule has 20 heavy (non-hydrogen) atoms. The molecule has 1 unspecified atom stereocenters. The highest BCUT2D eigenvalue weighted by Gasteiger charge is 2.29. The largest absolute Gasteiger partial charge is 0.464 e. The molecule has 0 aromatic carbocycles. The number of rotatable bonds is 4. The number of hydrogen-bond donors (Lipinski definition) is 1. The first kappa shape index (κ1) is 13.3. The van der Waals surface area contributed by atoms with Crippen LogP contribution in [0.1, 0.15) is 39.9 Å². The molecule has 0 saturated carbocycles. The second kappa shape index (κ2) is 5.72. The topological polar surface area (TPSA) is 69.0 Å². The third-order valence-corrected chi connectivity index (χ3v) is 4.29. The number of carbonyl (C=O) groups is 1. The summed E-state index contributed by atoms with van der Waals surface area (Å²) >= 11 is 1.67. The van der Waals surface area contributed by atoms with Gasteiger partial charge in [-0.1, -0.05) is 11.3 Å². The first-order valence-electron chi connectivity index (χ1n) is 6.57. The minimum absolute atomic E-state index is 0.124. The lowest BCUT2D eigenvalue weighted by molar-refractivity contribution is 0.0591. The Labute approximate surface area is 120 Å². The average molecular weight is 292 g/mol. The third kappa shape index (κ3) is 2.46. The summed E-state index contributed by atoms with van der Waals surface area (Å²) in [6.07, 6.45) is 2.08. The van der Waals surface area contributed by atoms with E-state index in [-0.39, 0.29) is 6.04 Å². The molecule has 2 aromatic rings. The molecule has 1 aliphatic rings. The molecule has 0 aliphatic carbocycles. The maximum Gasteiger partial charge on any atom is 0.360 e. The SMILES string of the molecule is COC(=O)c1nnn(Cc2cccs2)c1C1CCCN1. The van der Waals surface area contributed by atoms with Crippen molar-refractivity contribution >= 4 is 17.3 Å². The van der Waals surface area contributed by atoms with E-state index in [9.17, 15) is 4.79 Å². The summed E-state index contributed by atoms with van der Waals surface area (Å²) in [6, 6.07) is 4.18. The number of carbonyl (C=O) groups excluding carboxylic acids is 1. The fourth-order valence-corrected chi connectivity index (χ4v) is 3.18. The fraction of sp³-hybridized carbons (Fsp3) is 0.462. The van der Waals surface area contributed by atoms with Crippen molar-refractivity contribution < 1.29 is 9.53 Å². The molecule has 0 bridgehead atoms. The van der Waals surface area contributed by atoms with Gasteiger partial charge in [0.05, 0.1) is 25.4 Å². The van der Waals surface area contributed by atoms with Crippen LogP contribution >= 0.6 is 11.3 Å². The molecule has 3 heterocycles. The molecule has 106 valence electrons. The van der Waals surface area contributed by atoms with Crippen molar-refractivity contribution in [1.29, 1.82) is 0 Å². The molecule has 1 fully saturated rings. The minimum Gasteiger partial charge on any atom is -0.464 e. The number of nitrogens with zero attached hydrogens (tertiary/aromatic N) is 3. The molecule has 0 amide bonds. The van der Waals surface area contributed by atoms with Crippen LogP contribution in [0.25, 0.3) is 0 Å². The van der Waals surface area contributed by atoms with Crippen molar-refractivity contribution in [3.8, 4) is 0 Å². The van der Waals surface area contributed by atoms with Crippen LogP contribution in [0.5, 0.6) is 0 Å². The van der Waals surface area contributed by atoms with Crippen molar-refractivity contribution in [2.45, 2.75) is 25.4 Å². The molecular formula is C13H16N4O2S. The standard InChI is InChI=1S/C13H16N4O2S/c1-19-13(18)11-12(10-5-2-6-14-10)17(16-15-11)8-9-4-3-7-20-9/h3-4,7,10,14H,2,5-6,8H2,1H3. The Balaban J connectivity index is 1.96. The number of esters is 1. The summed E-state index contributed by atoms with van der Waals surface area (Å²) in [5.74, 6) is -0.425. The predicted octanol–water partition coefficient (Wildman–Crippen LogP) is 1.60. The second-order valence-electron chi connectivity index (χ2n) is 4.70. The number of hydrogen-bond acceptors (Lipinski definition) is 6. The van der Waals surface area contributed by atoms with Crippen molar-refractivity contribution in [2.24, 2.45) is 0 Å². The van der Waals surface area contributed by atoms with Gasteiger partial charge in [0.15, 0.2) is 5.69 Å². The zero-order chi connectivity index (χ0) is 13.9. The Hall–Kier alpha value is -1.73. The Bertz CT molecular complexity index is 588. The van der Waals surface area contributed by atoms with Crippen molar-refractivity contribution in [2.75, 3.05) is 13.7 Å². The van der Waals surface area contributed by atoms with E-state index >= 15 is 0 Å². The minimum atomic E-state index is -0.425. The van der Waals surface area contributed by atoms with E-state index in [2.05, 4.69) is 21.7 Å². The first-order valence-corrected chi connectivity index (χ1v) is 7.45. The van der Waals surface area contributed by atoms with Crippen molar-refractivity contribution in [1.82, 2.24) is 20.3 Å². The van der Waals surface area contributed by atoms with E-state index in [1.807, 2.05) is 11.4 Å². The van der Waals surface area contributed by atoms with Crippen LogP contribution in [0.4, 0.5) is 0 Å². The van der Waals surface area contributed by atoms with Crippen molar-refractivity contribution in [3.05, 3.63) is 33.8 Å². The van der Waals surface area contributed by atoms with Crippen molar-refractivity contribution in [3.63, 3.8) is 0 Å². The molecule has 1 saturated heterocycles. The third-order valence-electron chi connectivity index (χ3n) is 3.43. The van der Waals surface area contributed by atoms with Gasteiger partial charge in [0.1, 0.15) is 0 Å². The fourth-order valence-electron chi connectivity index (χ4n) is 2.49. The normalized spacial score (nSPS) is 18.4. The summed E-state index contributed by atoms with van der Waals surface area (Å²) in [5.41, 5.74) is 1.16. The highest BCUT2D eigenvalue weighted by molar-refractivity contribution is 7.09. The second-order valence-corrected chi connectivity index (χ2v) is 5.73. The number of methoxy groups -OCH3 is 1. The van der Waals surface area contributed by atoms with Gasteiger partial charge in [-0.15, -0.1) is 16.4 Å². The molecule has 1 N–H and O–H groups in total. The summed E-state index contributed by atoms with van der Waals surface area (Å²) in [6.45, 7) is 1.59. The smallest absolute Gasteiger partial charge is 0.360 e. The number of aromatic nitrogens is 3. The average Bonchev–Trinajstić information content (AvgIpc) is 3.19. The van der Waals surface area contributed by atoms with E-state index in [1.54, 1.807) is 16.0 Å². The Morgan fingerprint density at radius 2 is 2.55 bits per heavy atom. The van der Waals surface area contributed by atoms with E-state index in [0.29, 0.717) is 12.2 Å². The molecule has 6 nitrogen and oxygen atoms in total. The zero-order valence-electron chi connectivity index (χ0n) is 11.2. The maximum atomic E-state index is 11.8. The van der Waals surface area contributed by atoms with E-state index in [4.69, 9.17) is 4.74 Å². The van der Waals surface area contributed by atoms with Crippen LogP contribution in [-0.2, 0) is 11.3 Å². The van der Waals surface area contributed by atoms with Gasteiger partial charge >= 0.3 is 5.97 Å². The first-order chi connectivity index (χ1) is 9.79. The molecule has 1 atom stereocenters. The molecule has 1 aliphatic heterocycles. The van der Waals surface area contributed by atoms with Gasteiger partial charge in [-0.25, -0.2) is 9.48 Å². The van der Waals surface area contributed by atoms with Gasteiger partial charge in [-0.2, -0.15) is 0 Å². The molecule has 3 rings (SSSR count). The quantitative estimate of drug-likeness (QED) is 0.867. The summed E-state index contributed by atoms with van der Waals surface area (Å²) in [4.78, 5) is 13.0. The highest BCUT2D eigenvalue weighted by atomic mass is 32.1. The molecule has 0 radical (unpaired) electrons. The lowest BCUT2D eigenvalue weighted by Crippen LogP contribution is -2.21. The Morgan fingerprint density at radius 3 is 3.20 bits per heavy atom. The lowest BCUT2D eigenvalue weighted by atomic mass is 10.1. The van der Waals surface area contributed by atoms with Crippen LogP contribution in [-0.4, -0.2) is 34.6 Å². The Kier molecular flexibility index (Phi) is 3.79. The van der Waals surface area contributed by atoms with Gasteiger partial charge in [-0.3, -0.25) is 0 Å². The van der Waals surface area contributed by atoms with E-state index < -0.39 is 5.97 Å². The highest BCUT2D eigenvalue weighted by Crippen LogP contribution is 2.26. The van der Waals surface area contributed by atoms with Gasteiger partial charge in [0, 0.05) is 4.88 Å². The molecule has 0 spiro atoms. The predicted molar refractivity (Wildman–Crippen MR) is 74.8 cm³/mol. The van der Waals surface area contributed by atoms with E-state index in [0.717, 1.165) is 25.1 Å². The van der Waals surface area contributed by atoms with Gasteiger partial charge in [0.25, 0.3) is 0 Å². The summed E-state index contributed by atoms with van der Waals surface area (Å²) in [7, 11) is 1.37. The van der Waals surface area contributed by atoms with Gasteiger partial charge in [-0.05, 0) is 30.8 Å². The summed E-state index contributed by atoms with van der Waals surface area (Å²) < 4.78 is 6.61. The lowest BCUT2D eigenvalue weighted by Gasteiger charge is -2.13.